The highest BCUT2D eigenvalue weighted by atomic mass is 16.5. The smallest absolute Gasteiger partial charge is 0.180 e. The Morgan fingerprint density at radius 1 is 1.62 bits per heavy atom. The van der Waals surface area contributed by atoms with E-state index in [0.717, 1.165) is 13.1 Å². The Morgan fingerprint density at radius 3 is 3.06 bits per heavy atom. The highest BCUT2D eigenvalue weighted by molar-refractivity contribution is 4.96. The van der Waals surface area contributed by atoms with Crippen LogP contribution in [0.5, 0.6) is 0 Å². The highest BCUT2D eigenvalue weighted by Gasteiger charge is 2.26. The van der Waals surface area contributed by atoms with E-state index in [-0.39, 0.29) is 12.7 Å². The first-order valence-corrected chi connectivity index (χ1v) is 5.58. The zero-order valence-electron chi connectivity index (χ0n) is 9.68. The predicted molar refractivity (Wildman–Crippen MR) is 57.7 cm³/mol. The van der Waals surface area contributed by atoms with Crippen LogP contribution in [-0.4, -0.2) is 50.9 Å². The molecule has 6 nitrogen and oxygen atoms in total. The number of aromatic nitrogens is 3. The number of H-pyrrole nitrogens is 1. The van der Waals surface area contributed by atoms with Crippen molar-refractivity contribution in [3.63, 3.8) is 0 Å². The molecule has 1 atom stereocenters. The standard InChI is InChI=1S/C10H18N4O2/c1-7(2)14-3-4-16-8(5-14)10-11-9(6-15)12-13-10/h7-8,15H,3-6H2,1-2H3,(H,11,12,13). The van der Waals surface area contributed by atoms with Gasteiger partial charge in [0, 0.05) is 19.1 Å². The molecule has 0 bridgehead atoms. The molecule has 1 aliphatic rings. The fraction of sp³-hybridized carbons (Fsp3) is 0.800. The van der Waals surface area contributed by atoms with Crippen molar-refractivity contribution in [2.24, 2.45) is 0 Å². The molecule has 0 amide bonds. The Morgan fingerprint density at radius 2 is 2.44 bits per heavy atom. The van der Waals surface area contributed by atoms with Gasteiger partial charge in [-0.05, 0) is 13.8 Å². The monoisotopic (exact) mass is 226 g/mol. The molecule has 0 spiro atoms. The van der Waals surface area contributed by atoms with Gasteiger partial charge in [-0.15, -0.1) is 0 Å². The third-order valence-electron chi connectivity index (χ3n) is 2.81. The number of hydrogen-bond acceptors (Lipinski definition) is 5. The van der Waals surface area contributed by atoms with E-state index in [1.165, 1.54) is 0 Å². The Balaban J connectivity index is 2.03. The third-order valence-corrected chi connectivity index (χ3v) is 2.81. The molecule has 2 N–H and O–H groups in total. The summed E-state index contributed by atoms with van der Waals surface area (Å²) in [6.07, 6.45) is -0.0901. The van der Waals surface area contributed by atoms with Gasteiger partial charge in [-0.25, -0.2) is 4.98 Å². The molecule has 1 saturated heterocycles. The average molecular weight is 226 g/mol. The maximum atomic E-state index is 8.90. The Hall–Kier alpha value is -0.980. The molecule has 0 saturated carbocycles. The minimum atomic E-state index is -0.117. The van der Waals surface area contributed by atoms with E-state index in [1.807, 2.05) is 0 Å². The van der Waals surface area contributed by atoms with Crippen LogP contribution in [0, 0.1) is 0 Å². The molecule has 2 rings (SSSR count). The van der Waals surface area contributed by atoms with Gasteiger partial charge in [0.05, 0.1) is 6.61 Å². The number of morpholine rings is 1. The summed E-state index contributed by atoms with van der Waals surface area (Å²) in [6, 6.07) is 0.502. The van der Waals surface area contributed by atoms with Gasteiger partial charge in [-0.2, -0.15) is 5.10 Å². The second kappa shape index (κ2) is 4.90. The first kappa shape index (κ1) is 11.5. The van der Waals surface area contributed by atoms with Gasteiger partial charge in [-0.1, -0.05) is 0 Å². The molecule has 6 heteroatoms. The lowest BCUT2D eigenvalue weighted by atomic mass is 10.2. The number of aliphatic hydroxyl groups excluding tert-OH is 1. The Labute approximate surface area is 94.6 Å². The normalized spacial score (nSPS) is 22.9. The maximum Gasteiger partial charge on any atom is 0.180 e. The Kier molecular flexibility index (Phi) is 3.52. The van der Waals surface area contributed by atoms with Crippen LogP contribution in [0.2, 0.25) is 0 Å². The van der Waals surface area contributed by atoms with Gasteiger partial charge >= 0.3 is 0 Å². The summed E-state index contributed by atoms with van der Waals surface area (Å²) in [5.41, 5.74) is 0. The van der Waals surface area contributed by atoms with Crippen LogP contribution in [0.4, 0.5) is 0 Å². The SMILES string of the molecule is CC(C)N1CCOC(c2n[nH]c(CO)n2)C1. The lowest BCUT2D eigenvalue weighted by Crippen LogP contribution is -2.42. The van der Waals surface area contributed by atoms with E-state index in [2.05, 4.69) is 33.9 Å². The Bertz CT molecular complexity index is 339. The maximum absolute atomic E-state index is 8.90. The van der Waals surface area contributed by atoms with Crippen LogP contribution in [0.25, 0.3) is 0 Å². The van der Waals surface area contributed by atoms with E-state index in [0.29, 0.717) is 24.3 Å². The van der Waals surface area contributed by atoms with Crippen LogP contribution in [0.1, 0.15) is 31.6 Å². The predicted octanol–water partition coefficient (Wildman–Crippen LogP) is 0.0787. The summed E-state index contributed by atoms with van der Waals surface area (Å²) in [5, 5.41) is 15.6. The molecule has 1 aromatic heterocycles. The summed E-state index contributed by atoms with van der Waals surface area (Å²) in [7, 11) is 0. The quantitative estimate of drug-likeness (QED) is 0.763. The fourth-order valence-corrected chi connectivity index (χ4v) is 1.82. The van der Waals surface area contributed by atoms with Crippen LogP contribution in [0.15, 0.2) is 0 Å². The molecule has 0 aliphatic carbocycles. The number of aromatic amines is 1. The molecule has 2 heterocycles. The number of nitrogens with one attached hydrogen (secondary N) is 1. The zero-order valence-corrected chi connectivity index (χ0v) is 9.68. The first-order valence-electron chi connectivity index (χ1n) is 5.58. The van der Waals surface area contributed by atoms with Crippen molar-refractivity contribution < 1.29 is 9.84 Å². The van der Waals surface area contributed by atoms with Gasteiger partial charge in [0.15, 0.2) is 5.82 Å². The van der Waals surface area contributed by atoms with Gasteiger partial charge in [0.25, 0.3) is 0 Å². The average Bonchev–Trinajstić information content (AvgIpc) is 2.77. The minimum absolute atomic E-state index is 0.0901. The number of ether oxygens (including phenoxy) is 1. The second-order valence-corrected chi connectivity index (χ2v) is 4.25. The summed E-state index contributed by atoms with van der Waals surface area (Å²) in [5.74, 6) is 1.12. The molecule has 1 unspecified atom stereocenters. The summed E-state index contributed by atoms with van der Waals surface area (Å²) >= 11 is 0. The number of nitrogens with zero attached hydrogens (tertiary/aromatic N) is 3. The molecular weight excluding hydrogens is 208 g/mol. The number of rotatable bonds is 3. The molecule has 1 fully saturated rings. The molecule has 90 valence electrons. The van der Waals surface area contributed by atoms with Gasteiger partial charge in [0.2, 0.25) is 0 Å². The van der Waals surface area contributed by atoms with Crippen molar-refractivity contribution >= 4 is 0 Å². The molecule has 0 aromatic carbocycles. The van der Waals surface area contributed by atoms with Gasteiger partial charge < -0.3 is 9.84 Å². The summed E-state index contributed by atoms with van der Waals surface area (Å²) in [6.45, 7) is 6.67. The lowest BCUT2D eigenvalue weighted by molar-refractivity contribution is -0.0441. The lowest BCUT2D eigenvalue weighted by Gasteiger charge is -2.34. The molecule has 1 aromatic rings. The summed E-state index contributed by atoms with van der Waals surface area (Å²) in [4.78, 5) is 6.51. The second-order valence-electron chi connectivity index (χ2n) is 4.25. The van der Waals surface area contributed by atoms with Crippen molar-refractivity contribution in [2.75, 3.05) is 19.7 Å². The van der Waals surface area contributed by atoms with Crippen molar-refractivity contribution in [3.8, 4) is 0 Å². The number of aliphatic hydroxyl groups is 1. The van der Waals surface area contributed by atoms with Crippen LogP contribution < -0.4 is 0 Å². The third kappa shape index (κ3) is 2.40. The van der Waals surface area contributed by atoms with E-state index in [4.69, 9.17) is 9.84 Å². The molecule has 1 aliphatic heterocycles. The van der Waals surface area contributed by atoms with Crippen LogP contribution in [-0.2, 0) is 11.3 Å². The minimum Gasteiger partial charge on any atom is -0.388 e. The van der Waals surface area contributed by atoms with E-state index >= 15 is 0 Å². The van der Waals surface area contributed by atoms with Gasteiger partial charge in [0.1, 0.15) is 18.5 Å². The fourth-order valence-electron chi connectivity index (χ4n) is 1.82. The molecular formula is C10H18N4O2. The van der Waals surface area contributed by atoms with Crippen molar-refractivity contribution in [2.45, 2.75) is 32.6 Å². The van der Waals surface area contributed by atoms with Crippen molar-refractivity contribution in [1.82, 2.24) is 20.1 Å². The topological polar surface area (TPSA) is 74.3 Å². The van der Waals surface area contributed by atoms with Crippen molar-refractivity contribution in [1.29, 1.82) is 0 Å². The van der Waals surface area contributed by atoms with E-state index in [9.17, 15) is 0 Å². The number of hydrogen-bond donors (Lipinski definition) is 2. The largest absolute Gasteiger partial charge is 0.388 e. The highest BCUT2D eigenvalue weighted by Crippen LogP contribution is 2.20. The van der Waals surface area contributed by atoms with Crippen LogP contribution >= 0.6 is 0 Å². The van der Waals surface area contributed by atoms with E-state index in [1.54, 1.807) is 0 Å². The molecule has 16 heavy (non-hydrogen) atoms. The van der Waals surface area contributed by atoms with Crippen molar-refractivity contribution in [3.05, 3.63) is 11.6 Å². The summed E-state index contributed by atoms with van der Waals surface area (Å²) < 4.78 is 5.63. The van der Waals surface area contributed by atoms with E-state index < -0.39 is 0 Å². The zero-order chi connectivity index (χ0) is 11.5. The first-order chi connectivity index (χ1) is 7.70. The van der Waals surface area contributed by atoms with Gasteiger partial charge in [-0.3, -0.25) is 10.00 Å². The molecule has 0 radical (unpaired) electrons. The van der Waals surface area contributed by atoms with Crippen LogP contribution in [0.3, 0.4) is 0 Å².